The number of hydrogen-bond acceptors (Lipinski definition) is 3. The van der Waals surface area contributed by atoms with E-state index >= 15 is 0 Å². The van der Waals surface area contributed by atoms with E-state index in [-0.39, 0.29) is 6.03 Å². The zero-order valence-corrected chi connectivity index (χ0v) is 21.1. The predicted octanol–water partition coefficient (Wildman–Crippen LogP) is 5.57. The third-order valence-corrected chi connectivity index (χ3v) is 62.0. The molecule has 33 heavy (non-hydrogen) atoms. The van der Waals surface area contributed by atoms with Crippen molar-refractivity contribution in [1.29, 1.82) is 0 Å². The maximum atomic E-state index is 12.8. The van der Waals surface area contributed by atoms with Crippen LogP contribution in [0.5, 0.6) is 0 Å². The average Bonchev–Trinajstić information content (AvgIpc) is 3.74. The summed E-state index contributed by atoms with van der Waals surface area (Å²) in [6.45, 7) is 2.80. The van der Waals surface area contributed by atoms with Crippen molar-refractivity contribution in [3.8, 4) is 0 Å². The summed E-state index contributed by atoms with van der Waals surface area (Å²) >= 11 is 12.6. The molecule has 2 amide bonds. The molecule has 11 heterocycles. The Hall–Kier alpha value is -0.651. The molecule has 0 aliphatic carbocycles. The molecule has 2 N–H and O–H groups in total. The Bertz CT molecular complexity index is 1530. The van der Waals surface area contributed by atoms with Gasteiger partial charge < -0.3 is 0 Å². The molecule has 11 aliphatic heterocycles. The summed E-state index contributed by atoms with van der Waals surface area (Å²) in [6, 6.07) is 5.83. The van der Waals surface area contributed by atoms with Gasteiger partial charge in [-0.15, -0.1) is 0 Å². The number of primary amides is 1. The minimum absolute atomic E-state index is 0.0601. The predicted molar refractivity (Wildman–Crippen MR) is 127 cm³/mol. The summed E-state index contributed by atoms with van der Waals surface area (Å²) in [7, 11) is 0. The van der Waals surface area contributed by atoms with E-state index < -0.39 is 6.51 Å². The van der Waals surface area contributed by atoms with Gasteiger partial charge in [0.2, 0.25) is 0 Å². The molecule has 1 aromatic rings. The van der Waals surface area contributed by atoms with Crippen LogP contribution in [0.15, 0.2) is 18.2 Å². The van der Waals surface area contributed by atoms with E-state index in [1.54, 1.807) is 0 Å². The number of carbonyl (C=O) groups is 1. The number of unbranched alkanes of at least 4 members (excludes halogenated alkanes) is 1. The molecule has 0 radical (unpaired) electrons. The number of anilines is 1. The van der Waals surface area contributed by atoms with E-state index in [0.717, 1.165) is 67.4 Å². The Morgan fingerprint density at radius 1 is 1.00 bits per heavy atom. The summed E-state index contributed by atoms with van der Waals surface area (Å²) in [4.78, 5) is 31.0. The number of nitrogens with zero attached hydrogens (tertiary/aromatic N) is 3. The van der Waals surface area contributed by atoms with E-state index in [0.29, 0.717) is 14.5 Å². The Balaban J connectivity index is 0.746. The molecule has 1 aromatic carbocycles. The molecule has 11 saturated heterocycles. The number of fused-ring (bicyclic) bond motifs is 10. The molecule has 0 aromatic heterocycles. The number of carbonyl (C=O) groups excluding carboxylic acids is 1. The van der Waals surface area contributed by atoms with Gasteiger partial charge >= 0.3 is 154 Å². The van der Waals surface area contributed by atoms with E-state index in [9.17, 15) is 4.79 Å². The number of rotatable bonds is 7. The van der Waals surface area contributed by atoms with Gasteiger partial charge in [0.15, 0.2) is 0 Å². The Morgan fingerprint density at radius 2 is 1.64 bits per heavy atom. The summed E-state index contributed by atoms with van der Waals surface area (Å²) in [5, 5.41) is 1.29. The monoisotopic (exact) mass is 528 g/mol. The number of amides is 2. The first-order chi connectivity index (χ1) is 15.7. The zero-order valence-electron chi connectivity index (χ0n) is 18.5. The first kappa shape index (κ1) is 16.9. The van der Waals surface area contributed by atoms with Crippen molar-refractivity contribution in [3.05, 3.63) is 28.2 Å². The fourth-order valence-corrected chi connectivity index (χ4v) is 94.1. The van der Waals surface area contributed by atoms with Gasteiger partial charge in [0, 0.05) is 0 Å². The minimum atomic E-state index is -3.32. The van der Waals surface area contributed by atoms with Gasteiger partial charge in [-0.05, 0) is 6.07 Å². The fourth-order valence-electron chi connectivity index (χ4n) is 19.8. The third kappa shape index (κ3) is 0.408. The molecule has 11 fully saturated rings. The van der Waals surface area contributed by atoms with E-state index in [4.69, 9.17) is 28.9 Å². The molecule has 0 bridgehead atoms. The first-order valence-electron chi connectivity index (χ1n) is 12.9. The van der Waals surface area contributed by atoms with Crippen molar-refractivity contribution in [2.24, 2.45) is 5.73 Å². The van der Waals surface area contributed by atoms with Gasteiger partial charge in [-0.3, -0.25) is 0 Å². The second-order valence-electron chi connectivity index (χ2n) is 15.2. The molecule has 4 atom stereocenters. The van der Waals surface area contributed by atoms with Crippen LogP contribution in [0.1, 0.15) is 12.8 Å². The first-order valence-corrected chi connectivity index (χ1v) is 20.0. The molecule has 1 spiro atoms. The molecular weight excluding hydrogens is 499 g/mol. The third-order valence-electron chi connectivity index (χ3n) is 19.0. The van der Waals surface area contributed by atoms with Crippen LogP contribution in [0, 0.1) is 0 Å². The number of urea groups is 1. The van der Waals surface area contributed by atoms with E-state index in [2.05, 4.69) is 20.8 Å². The number of nitrogens with two attached hydrogens (primary N) is 1. The van der Waals surface area contributed by atoms with Crippen LogP contribution in [0.25, 0.3) is 0 Å². The van der Waals surface area contributed by atoms with Crippen LogP contribution in [-0.2, 0) is 6.51 Å². The van der Waals surface area contributed by atoms with Crippen LogP contribution >= 0.6 is 23.2 Å². The van der Waals surface area contributed by atoms with Gasteiger partial charge in [0.05, 0.1) is 5.02 Å². The van der Waals surface area contributed by atoms with Gasteiger partial charge in [0.25, 0.3) is 0 Å². The van der Waals surface area contributed by atoms with Gasteiger partial charge in [-0.25, -0.2) is 0 Å². The molecule has 178 valence electrons. The summed E-state index contributed by atoms with van der Waals surface area (Å²) < 4.78 is 0.465. The average molecular weight is 529 g/mol. The van der Waals surface area contributed by atoms with Crippen molar-refractivity contribution >= 4 is 34.9 Å². The van der Waals surface area contributed by atoms with Crippen molar-refractivity contribution in [2.45, 2.75) is 60.6 Å². The standard InChI is InChI=1S/C20H25Cl2N4O.C5H5.Fe/c21-17-8-5-9-18(19(17)22)25-14-12-24(13-15-25)10-3-4-11-26(20(23)27)16-6-1-2-7-16;1-2-4-5-3-1;/h1-2,5-9H,3-4,10-15H2,(H2,23,27);1-5H;. The topological polar surface area (TPSA) is 52.8 Å². The molecular formula is C25H30Cl2FeN4O. The van der Waals surface area contributed by atoms with Crippen molar-refractivity contribution in [3.63, 3.8) is 0 Å². The number of halogens is 2. The van der Waals surface area contributed by atoms with Crippen LogP contribution in [0.4, 0.5) is 10.5 Å². The molecule has 4 unspecified atom stereocenters. The molecule has 5 nitrogen and oxygen atoms in total. The molecule has 11 aliphatic rings. The molecule has 0 saturated carbocycles. The molecule has 8 heteroatoms. The van der Waals surface area contributed by atoms with Crippen LogP contribution in [-0.4, -0.2) is 59.5 Å². The van der Waals surface area contributed by atoms with Gasteiger partial charge in [-0.1, -0.05) is 29.3 Å². The van der Waals surface area contributed by atoms with Crippen LogP contribution < -0.4 is 10.6 Å². The SMILES string of the molecule is NC(=O)N(CCCCN1CCN(c2cccc(Cl)c2Cl)CC1)[C]12[CH]3[CH]4[CH]5[CH]1[Fe]45321678[CH]2[CH]1[CH]6[CH]7[CH]28. The second kappa shape index (κ2) is 2.41. The van der Waals surface area contributed by atoms with Crippen LogP contribution in [0.2, 0.25) is 53.4 Å². The van der Waals surface area contributed by atoms with E-state index in [1.807, 2.05) is 12.1 Å². The van der Waals surface area contributed by atoms with E-state index in [1.165, 1.54) is 33.7 Å². The summed E-state index contributed by atoms with van der Waals surface area (Å²) in [5.41, 5.74) is 7.18. The Morgan fingerprint density at radius 3 is 2.15 bits per heavy atom. The fraction of sp³-hybridized carbons (Fsp3) is 0.720. The summed E-state index contributed by atoms with van der Waals surface area (Å²) in [6.07, 6.45) is 2.27. The zero-order chi connectivity index (χ0) is 21.8. The van der Waals surface area contributed by atoms with Crippen LogP contribution in [0.3, 0.4) is 0 Å². The van der Waals surface area contributed by atoms with Gasteiger partial charge in [-0.2, -0.15) is 0 Å². The Kier molecular flexibility index (Phi) is 1.24. The van der Waals surface area contributed by atoms with Crippen molar-refractivity contribution in [1.82, 2.24) is 9.80 Å². The summed E-state index contributed by atoms with van der Waals surface area (Å²) in [5.74, 6) is 0. The van der Waals surface area contributed by atoms with Crippen molar-refractivity contribution in [2.75, 3.05) is 44.2 Å². The number of hydrogen-bond donors (Lipinski definition) is 1. The second-order valence-corrected chi connectivity index (χ2v) is 39.6. The quantitative estimate of drug-likeness (QED) is 0.371. The number of piperazine rings is 1. The maximum absolute atomic E-state index is 12.8. The normalized spacial score (nSPS) is 70.4. The number of benzene rings is 1. The van der Waals surface area contributed by atoms with Gasteiger partial charge in [0.1, 0.15) is 0 Å². The molecule has 12 rings (SSSR count). The Labute approximate surface area is 194 Å². The van der Waals surface area contributed by atoms with Crippen molar-refractivity contribution < 1.29 is 11.3 Å².